The summed E-state index contributed by atoms with van der Waals surface area (Å²) in [5.41, 5.74) is 2.68. The van der Waals surface area contributed by atoms with E-state index >= 15 is 0 Å². The lowest BCUT2D eigenvalue weighted by Crippen LogP contribution is -2.34. The van der Waals surface area contributed by atoms with Gasteiger partial charge >= 0.3 is 0 Å². The third kappa shape index (κ3) is 5.93. The molecule has 0 spiro atoms. The highest BCUT2D eigenvalue weighted by Crippen LogP contribution is 2.36. The van der Waals surface area contributed by atoms with Crippen LogP contribution in [0, 0.1) is 12.8 Å². The van der Waals surface area contributed by atoms with Gasteiger partial charge in [0.1, 0.15) is 5.76 Å². The van der Waals surface area contributed by atoms with Crippen LogP contribution in [0.4, 0.5) is 0 Å². The van der Waals surface area contributed by atoms with E-state index in [1.165, 1.54) is 0 Å². The molecule has 1 atom stereocenters. The number of methoxy groups -OCH3 is 1. The summed E-state index contributed by atoms with van der Waals surface area (Å²) < 4.78 is 19.5. The lowest BCUT2D eigenvalue weighted by atomic mass is 10.1. The molecule has 2 aromatic heterocycles. The van der Waals surface area contributed by atoms with E-state index in [0.717, 1.165) is 22.7 Å². The standard InChI is InChI=1S/C28H33N3O4/c1-20(2)25(32)19-30(17-23-13-10-16-34-23)18-24-21(3)29-31(22-11-6-5-7-12-22)28(24)35-27-15-9-8-14-26(27)33-4/h5-16,20,25,32H,17-19H2,1-4H3/t25-/m1/s1. The van der Waals surface area contributed by atoms with E-state index < -0.39 is 6.10 Å². The van der Waals surface area contributed by atoms with Gasteiger partial charge in [0.05, 0.1) is 43.0 Å². The summed E-state index contributed by atoms with van der Waals surface area (Å²) in [6, 6.07) is 21.3. The fourth-order valence-corrected chi connectivity index (χ4v) is 3.88. The molecule has 0 saturated carbocycles. The zero-order valence-electron chi connectivity index (χ0n) is 20.7. The second kappa shape index (κ2) is 11.3. The number of para-hydroxylation sites is 3. The molecule has 4 aromatic rings. The van der Waals surface area contributed by atoms with Crippen molar-refractivity contribution in [1.82, 2.24) is 14.7 Å². The molecule has 7 heteroatoms. The van der Waals surface area contributed by atoms with E-state index in [2.05, 4.69) is 4.90 Å². The smallest absolute Gasteiger partial charge is 0.227 e. The lowest BCUT2D eigenvalue weighted by molar-refractivity contribution is 0.0667. The molecule has 0 radical (unpaired) electrons. The number of aryl methyl sites for hydroxylation is 1. The third-order valence-corrected chi connectivity index (χ3v) is 5.97. The lowest BCUT2D eigenvalue weighted by Gasteiger charge is -2.26. The SMILES string of the molecule is COc1ccccc1Oc1c(CN(Cc2ccco2)C[C@@H](O)C(C)C)c(C)nn1-c1ccccc1. The van der Waals surface area contributed by atoms with Gasteiger partial charge in [0.15, 0.2) is 11.5 Å². The number of nitrogens with zero attached hydrogens (tertiary/aromatic N) is 3. The molecule has 0 unspecified atom stereocenters. The van der Waals surface area contributed by atoms with Crippen LogP contribution in [0.1, 0.15) is 30.9 Å². The molecule has 0 amide bonds. The minimum atomic E-state index is -0.479. The van der Waals surface area contributed by atoms with Crippen LogP contribution in [-0.2, 0) is 13.1 Å². The Balaban J connectivity index is 1.75. The Morgan fingerprint density at radius 2 is 1.69 bits per heavy atom. The minimum Gasteiger partial charge on any atom is -0.493 e. The first-order valence-electron chi connectivity index (χ1n) is 11.8. The third-order valence-electron chi connectivity index (χ3n) is 5.97. The van der Waals surface area contributed by atoms with Crippen molar-refractivity contribution >= 4 is 0 Å². The van der Waals surface area contributed by atoms with Crippen molar-refractivity contribution in [3.8, 4) is 23.1 Å². The van der Waals surface area contributed by atoms with Gasteiger partial charge in [0.2, 0.25) is 5.88 Å². The van der Waals surface area contributed by atoms with Gasteiger partial charge < -0.3 is 19.0 Å². The molecular formula is C28H33N3O4. The average Bonchev–Trinajstić information content (AvgIpc) is 3.48. The Morgan fingerprint density at radius 1 is 0.971 bits per heavy atom. The largest absolute Gasteiger partial charge is 0.493 e. The van der Waals surface area contributed by atoms with E-state index in [9.17, 15) is 5.11 Å². The molecule has 0 aliphatic rings. The molecule has 2 heterocycles. The maximum absolute atomic E-state index is 10.7. The van der Waals surface area contributed by atoms with Crippen molar-refractivity contribution in [2.75, 3.05) is 13.7 Å². The van der Waals surface area contributed by atoms with Crippen molar-refractivity contribution in [3.63, 3.8) is 0 Å². The summed E-state index contributed by atoms with van der Waals surface area (Å²) in [6.07, 6.45) is 1.19. The number of rotatable bonds is 11. The van der Waals surface area contributed by atoms with Crippen molar-refractivity contribution in [2.45, 2.75) is 40.0 Å². The number of hydrogen-bond donors (Lipinski definition) is 1. The van der Waals surface area contributed by atoms with Crippen LogP contribution in [0.25, 0.3) is 5.69 Å². The fourth-order valence-electron chi connectivity index (χ4n) is 3.88. The Labute approximate surface area is 206 Å². The van der Waals surface area contributed by atoms with Crippen LogP contribution >= 0.6 is 0 Å². The van der Waals surface area contributed by atoms with Crippen molar-refractivity contribution < 1.29 is 19.0 Å². The second-order valence-corrected chi connectivity index (χ2v) is 8.93. The predicted octanol–water partition coefficient (Wildman–Crippen LogP) is 5.59. The summed E-state index contributed by atoms with van der Waals surface area (Å²) in [5, 5.41) is 15.5. The minimum absolute atomic E-state index is 0.131. The number of aromatic nitrogens is 2. The number of furan rings is 1. The number of aliphatic hydroxyl groups is 1. The molecule has 184 valence electrons. The van der Waals surface area contributed by atoms with Gasteiger partial charge in [-0.15, -0.1) is 0 Å². The van der Waals surface area contributed by atoms with Gasteiger partial charge in [0, 0.05) is 13.1 Å². The fraction of sp³-hybridized carbons (Fsp3) is 0.321. The normalized spacial score (nSPS) is 12.3. The quantitative estimate of drug-likeness (QED) is 0.305. The molecule has 35 heavy (non-hydrogen) atoms. The van der Waals surface area contributed by atoms with Crippen LogP contribution in [0.2, 0.25) is 0 Å². The first-order valence-corrected chi connectivity index (χ1v) is 11.8. The van der Waals surface area contributed by atoms with Crippen molar-refractivity contribution in [1.29, 1.82) is 0 Å². The first kappa shape index (κ1) is 24.6. The Bertz CT molecular complexity index is 1200. The molecule has 1 N–H and O–H groups in total. The molecule has 0 fully saturated rings. The van der Waals surface area contributed by atoms with Crippen LogP contribution in [0.15, 0.2) is 77.4 Å². The number of benzene rings is 2. The summed E-state index contributed by atoms with van der Waals surface area (Å²) in [4.78, 5) is 2.16. The van der Waals surface area contributed by atoms with E-state index in [4.69, 9.17) is 19.0 Å². The zero-order valence-corrected chi connectivity index (χ0v) is 20.7. The van der Waals surface area contributed by atoms with E-state index in [0.29, 0.717) is 37.0 Å². The van der Waals surface area contributed by atoms with Crippen LogP contribution in [0.3, 0.4) is 0 Å². The highest BCUT2D eigenvalue weighted by molar-refractivity contribution is 5.47. The second-order valence-electron chi connectivity index (χ2n) is 8.93. The molecule has 4 rings (SSSR count). The first-order chi connectivity index (χ1) is 17.0. The molecule has 0 saturated heterocycles. The van der Waals surface area contributed by atoms with Crippen LogP contribution in [-0.4, -0.2) is 39.5 Å². The van der Waals surface area contributed by atoms with Crippen LogP contribution < -0.4 is 9.47 Å². The van der Waals surface area contributed by atoms with Gasteiger partial charge in [-0.05, 0) is 49.2 Å². The van der Waals surface area contributed by atoms with Gasteiger partial charge in [-0.1, -0.05) is 44.2 Å². The maximum Gasteiger partial charge on any atom is 0.227 e. The summed E-state index contributed by atoms with van der Waals surface area (Å²) in [5.74, 6) is 2.82. The van der Waals surface area contributed by atoms with E-state index in [1.54, 1.807) is 13.4 Å². The topological polar surface area (TPSA) is 72.9 Å². The van der Waals surface area contributed by atoms with Gasteiger partial charge in [-0.25, -0.2) is 4.68 Å². The van der Waals surface area contributed by atoms with Crippen LogP contribution in [0.5, 0.6) is 17.4 Å². The van der Waals surface area contributed by atoms with Crippen molar-refractivity contribution in [2.24, 2.45) is 5.92 Å². The van der Waals surface area contributed by atoms with Gasteiger partial charge in [-0.2, -0.15) is 5.10 Å². The zero-order chi connectivity index (χ0) is 24.8. The summed E-state index contributed by atoms with van der Waals surface area (Å²) in [6.45, 7) is 7.58. The summed E-state index contributed by atoms with van der Waals surface area (Å²) in [7, 11) is 1.63. The molecule has 2 aromatic carbocycles. The number of ether oxygens (including phenoxy) is 2. The van der Waals surface area contributed by atoms with E-state index in [-0.39, 0.29) is 5.92 Å². The van der Waals surface area contributed by atoms with Gasteiger partial charge in [0.25, 0.3) is 0 Å². The molecular weight excluding hydrogens is 442 g/mol. The Kier molecular flexibility index (Phi) is 7.90. The number of hydrogen-bond acceptors (Lipinski definition) is 6. The maximum atomic E-state index is 10.7. The average molecular weight is 476 g/mol. The Morgan fingerprint density at radius 3 is 2.34 bits per heavy atom. The predicted molar refractivity (Wildman–Crippen MR) is 135 cm³/mol. The molecule has 0 aliphatic heterocycles. The molecule has 0 bridgehead atoms. The van der Waals surface area contributed by atoms with E-state index in [1.807, 2.05) is 92.2 Å². The number of aliphatic hydroxyl groups excluding tert-OH is 1. The molecule has 7 nitrogen and oxygen atoms in total. The summed E-state index contributed by atoms with van der Waals surface area (Å²) >= 11 is 0. The Hall–Kier alpha value is -3.55. The highest BCUT2D eigenvalue weighted by atomic mass is 16.5. The van der Waals surface area contributed by atoms with Gasteiger partial charge in [-0.3, -0.25) is 4.90 Å². The highest BCUT2D eigenvalue weighted by Gasteiger charge is 2.24. The monoisotopic (exact) mass is 475 g/mol. The molecule has 0 aliphatic carbocycles. The van der Waals surface area contributed by atoms with Crippen molar-refractivity contribution in [3.05, 3.63) is 90.0 Å².